The number of hydrogen-bond acceptors (Lipinski definition) is 6. The first kappa shape index (κ1) is 16.8. The highest BCUT2D eigenvalue weighted by Gasteiger charge is 2.17. The van der Waals surface area contributed by atoms with Gasteiger partial charge in [0.05, 0.1) is 12.1 Å². The van der Waals surface area contributed by atoms with Crippen molar-refractivity contribution in [3.63, 3.8) is 0 Å². The molecular formula is C17H15N5O2S2. The third-order valence-corrected chi connectivity index (χ3v) is 6.93. The normalized spacial score (nSPS) is 11.8. The van der Waals surface area contributed by atoms with Crippen LogP contribution >= 0.6 is 11.3 Å². The van der Waals surface area contributed by atoms with Crippen molar-refractivity contribution in [1.29, 1.82) is 0 Å². The first-order chi connectivity index (χ1) is 12.6. The van der Waals surface area contributed by atoms with Crippen molar-refractivity contribution in [3.05, 3.63) is 61.3 Å². The van der Waals surface area contributed by atoms with Crippen LogP contribution < -0.4 is 4.72 Å². The SMILES string of the molecule is O=S(=O)(NCCn1cncn1)c1ccc(-c2cccc3ncccc23)s1. The van der Waals surface area contributed by atoms with E-state index in [-0.39, 0.29) is 10.8 Å². The molecule has 0 amide bonds. The summed E-state index contributed by atoms with van der Waals surface area (Å²) in [7, 11) is -3.56. The van der Waals surface area contributed by atoms with E-state index in [9.17, 15) is 8.42 Å². The molecule has 4 rings (SSSR count). The molecule has 0 fully saturated rings. The maximum Gasteiger partial charge on any atom is 0.250 e. The molecule has 0 aliphatic rings. The second-order valence-corrected chi connectivity index (χ2v) is 8.63. The summed E-state index contributed by atoms with van der Waals surface area (Å²) in [6, 6.07) is 13.2. The summed E-state index contributed by atoms with van der Waals surface area (Å²) in [4.78, 5) is 9.07. The average Bonchev–Trinajstić information content (AvgIpc) is 3.33. The fourth-order valence-corrected chi connectivity index (χ4v) is 5.05. The summed E-state index contributed by atoms with van der Waals surface area (Å²) in [6.07, 6.45) is 4.71. The van der Waals surface area contributed by atoms with Crippen molar-refractivity contribution in [2.45, 2.75) is 10.8 Å². The molecular weight excluding hydrogens is 370 g/mol. The summed E-state index contributed by atoms with van der Waals surface area (Å²) in [5.41, 5.74) is 1.86. The minimum absolute atomic E-state index is 0.247. The van der Waals surface area contributed by atoms with Gasteiger partial charge in [0, 0.05) is 28.6 Å². The van der Waals surface area contributed by atoms with Crippen LogP contribution in [-0.4, -0.2) is 34.7 Å². The molecule has 9 heteroatoms. The van der Waals surface area contributed by atoms with Crippen LogP contribution in [-0.2, 0) is 16.6 Å². The van der Waals surface area contributed by atoms with Crippen molar-refractivity contribution in [2.75, 3.05) is 6.54 Å². The Morgan fingerprint density at radius 2 is 2.04 bits per heavy atom. The third kappa shape index (κ3) is 3.36. The average molecular weight is 385 g/mol. The molecule has 0 spiro atoms. The summed E-state index contributed by atoms with van der Waals surface area (Å²) in [5, 5.41) is 4.95. The zero-order valence-electron chi connectivity index (χ0n) is 13.6. The largest absolute Gasteiger partial charge is 0.256 e. The topological polar surface area (TPSA) is 89.8 Å². The van der Waals surface area contributed by atoms with Gasteiger partial charge in [-0.2, -0.15) is 5.10 Å². The summed E-state index contributed by atoms with van der Waals surface area (Å²) >= 11 is 1.24. The molecule has 7 nitrogen and oxygen atoms in total. The molecule has 0 unspecified atom stereocenters. The van der Waals surface area contributed by atoms with Gasteiger partial charge in [-0.1, -0.05) is 18.2 Å². The summed E-state index contributed by atoms with van der Waals surface area (Å²) < 4.78 is 29.5. The van der Waals surface area contributed by atoms with Crippen molar-refractivity contribution in [3.8, 4) is 10.4 Å². The van der Waals surface area contributed by atoms with Gasteiger partial charge in [-0.3, -0.25) is 9.67 Å². The van der Waals surface area contributed by atoms with Gasteiger partial charge < -0.3 is 0 Å². The van der Waals surface area contributed by atoms with Crippen LogP contribution in [0.3, 0.4) is 0 Å². The number of fused-ring (bicyclic) bond motifs is 1. The Morgan fingerprint density at radius 3 is 2.88 bits per heavy atom. The molecule has 132 valence electrons. The summed E-state index contributed by atoms with van der Waals surface area (Å²) in [6.45, 7) is 0.670. The van der Waals surface area contributed by atoms with Crippen molar-refractivity contribution >= 4 is 32.3 Å². The lowest BCUT2D eigenvalue weighted by Gasteiger charge is -2.05. The van der Waals surface area contributed by atoms with Crippen LogP contribution in [0.5, 0.6) is 0 Å². The number of benzene rings is 1. The molecule has 26 heavy (non-hydrogen) atoms. The minimum atomic E-state index is -3.56. The van der Waals surface area contributed by atoms with Crippen LogP contribution in [0.2, 0.25) is 0 Å². The Kier molecular flexibility index (Phi) is 4.49. The Bertz CT molecular complexity index is 1130. The van der Waals surface area contributed by atoms with E-state index in [1.165, 1.54) is 17.7 Å². The number of nitrogens with zero attached hydrogens (tertiary/aromatic N) is 4. The smallest absolute Gasteiger partial charge is 0.250 e. The zero-order valence-corrected chi connectivity index (χ0v) is 15.2. The van der Waals surface area contributed by atoms with Crippen molar-refractivity contribution < 1.29 is 8.42 Å². The number of rotatable bonds is 6. The zero-order chi connectivity index (χ0) is 18.0. The monoisotopic (exact) mass is 385 g/mol. The van der Waals surface area contributed by atoms with Gasteiger partial charge in [0.25, 0.3) is 0 Å². The molecule has 0 aliphatic heterocycles. The highest BCUT2D eigenvalue weighted by molar-refractivity contribution is 7.91. The second kappa shape index (κ2) is 6.94. The fourth-order valence-electron chi connectivity index (χ4n) is 2.64. The predicted molar refractivity (Wildman–Crippen MR) is 100 cm³/mol. The van der Waals surface area contributed by atoms with Gasteiger partial charge in [-0.05, 0) is 24.3 Å². The third-order valence-electron chi connectivity index (χ3n) is 3.86. The van der Waals surface area contributed by atoms with E-state index in [2.05, 4.69) is 19.8 Å². The number of hydrogen-bond donors (Lipinski definition) is 1. The molecule has 0 atom stereocenters. The molecule has 4 aromatic rings. The maximum absolute atomic E-state index is 12.5. The molecule has 1 N–H and O–H groups in total. The summed E-state index contributed by atoms with van der Waals surface area (Å²) in [5.74, 6) is 0. The van der Waals surface area contributed by atoms with E-state index in [1.54, 1.807) is 23.3 Å². The maximum atomic E-state index is 12.5. The molecule has 0 saturated heterocycles. The molecule has 3 aromatic heterocycles. The molecule has 0 saturated carbocycles. The van der Waals surface area contributed by atoms with E-state index in [4.69, 9.17) is 0 Å². The molecule has 0 aliphatic carbocycles. The van der Waals surface area contributed by atoms with Gasteiger partial charge >= 0.3 is 0 Å². The van der Waals surface area contributed by atoms with E-state index in [0.29, 0.717) is 6.54 Å². The number of thiophene rings is 1. The first-order valence-corrected chi connectivity index (χ1v) is 10.2. The fraction of sp³-hybridized carbons (Fsp3) is 0.118. The predicted octanol–water partition coefficient (Wildman–Crippen LogP) is 2.53. The lowest BCUT2D eigenvalue weighted by molar-refractivity contribution is 0.562. The van der Waals surface area contributed by atoms with E-state index in [0.717, 1.165) is 21.3 Å². The van der Waals surface area contributed by atoms with Gasteiger partial charge in [0.1, 0.15) is 16.9 Å². The highest BCUT2D eigenvalue weighted by Crippen LogP contribution is 2.34. The van der Waals surface area contributed by atoms with Crippen LogP contribution in [0.15, 0.2) is 65.5 Å². The standard InChI is InChI=1S/C17H15N5O2S2/c23-26(24,21-9-10-22-12-18-11-20-22)17-7-6-16(25-17)14-3-1-5-15-13(14)4-2-8-19-15/h1-8,11-12,21H,9-10H2. The number of aromatic nitrogens is 4. The van der Waals surface area contributed by atoms with Crippen molar-refractivity contribution in [2.24, 2.45) is 0 Å². The Morgan fingerprint density at radius 1 is 1.12 bits per heavy atom. The van der Waals surface area contributed by atoms with Gasteiger partial charge in [0.2, 0.25) is 10.0 Å². The molecule has 3 heterocycles. The van der Waals surface area contributed by atoms with E-state index in [1.807, 2.05) is 36.4 Å². The lowest BCUT2D eigenvalue weighted by Crippen LogP contribution is -2.26. The van der Waals surface area contributed by atoms with Gasteiger partial charge in [0.15, 0.2) is 0 Å². The Labute approximate surface area is 154 Å². The van der Waals surface area contributed by atoms with Crippen LogP contribution in [0, 0.1) is 0 Å². The van der Waals surface area contributed by atoms with Crippen LogP contribution in [0.25, 0.3) is 21.3 Å². The Balaban J connectivity index is 1.57. The number of sulfonamides is 1. The van der Waals surface area contributed by atoms with Gasteiger partial charge in [-0.25, -0.2) is 18.1 Å². The Hall–Kier alpha value is -2.62. The number of pyridine rings is 1. The molecule has 0 radical (unpaired) electrons. The van der Waals surface area contributed by atoms with Gasteiger partial charge in [-0.15, -0.1) is 11.3 Å². The molecule has 1 aromatic carbocycles. The first-order valence-electron chi connectivity index (χ1n) is 7.89. The van der Waals surface area contributed by atoms with E-state index < -0.39 is 10.0 Å². The minimum Gasteiger partial charge on any atom is -0.256 e. The van der Waals surface area contributed by atoms with Crippen LogP contribution in [0.4, 0.5) is 0 Å². The lowest BCUT2D eigenvalue weighted by atomic mass is 10.1. The second-order valence-electron chi connectivity index (χ2n) is 5.55. The highest BCUT2D eigenvalue weighted by atomic mass is 32.2. The van der Waals surface area contributed by atoms with Crippen molar-refractivity contribution in [1.82, 2.24) is 24.5 Å². The number of nitrogens with one attached hydrogen (secondary N) is 1. The quantitative estimate of drug-likeness (QED) is 0.551. The molecule has 0 bridgehead atoms. The van der Waals surface area contributed by atoms with Crippen LogP contribution in [0.1, 0.15) is 0 Å². The van der Waals surface area contributed by atoms with E-state index >= 15 is 0 Å².